The van der Waals surface area contributed by atoms with Gasteiger partial charge < -0.3 is 0 Å². The first-order valence-electron chi connectivity index (χ1n) is 8.85. The molecular weight excluding hydrogens is 352 g/mol. The van der Waals surface area contributed by atoms with E-state index in [0.717, 1.165) is 15.7 Å². The molecule has 0 bridgehead atoms. The second kappa shape index (κ2) is 5.82. The van der Waals surface area contributed by atoms with E-state index in [9.17, 15) is 14.4 Å². The van der Waals surface area contributed by atoms with E-state index in [1.165, 1.54) is 7.05 Å². The molecule has 0 radical (unpaired) electrons. The molecule has 0 unspecified atom stereocenters. The molecule has 2 heterocycles. The Balaban J connectivity index is 2.02. The van der Waals surface area contributed by atoms with E-state index < -0.39 is 5.91 Å². The molecule has 5 heteroatoms. The first kappa shape index (κ1) is 16.3. The zero-order chi connectivity index (χ0) is 19.4. The minimum atomic E-state index is -0.473. The minimum Gasteiger partial charge on any atom is -0.287 e. The van der Waals surface area contributed by atoms with Crippen molar-refractivity contribution in [3.8, 4) is 0 Å². The maximum atomic E-state index is 13.4. The van der Waals surface area contributed by atoms with Gasteiger partial charge in [-0.1, -0.05) is 42.5 Å². The van der Waals surface area contributed by atoms with Crippen LogP contribution in [0.4, 0.5) is 0 Å². The summed E-state index contributed by atoms with van der Waals surface area (Å²) < 4.78 is 0. The van der Waals surface area contributed by atoms with Crippen LogP contribution < -0.4 is 0 Å². The predicted molar refractivity (Wildman–Crippen MR) is 106 cm³/mol. The topological polar surface area (TPSA) is 67.3 Å². The lowest BCUT2D eigenvalue weighted by Crippen LogP contribution is -2.38. The Morgan fingerprint density at radius 3 is 2.29 bits per heavy atom. The summed E-state index contributed by atoms with van der Waals surface area (Å²) >= 11 is 0. The van der Waals surface area contributed by atoms with Crippen LogP contribution in [0, 0.1) is 0 Å². The van der Waals surface area contributed by atoms with Gasteiger partial charge >= 0.3 is 0 Å². The molecule has 0 fully saturated rings. The zero-order valence-electron chi connectivity index (χ0n) is 15.0. The molecule has 5 nitrogen and oxygen atoms in total. The van der Waals surface area contributed by atoms with Crippen LogP contribution in [-0.4, -0.2) is 34.5 Å². The van der Waals surface area contributed by atoms with E-state index in [2.05, 4.69) is 4.98 Å². The third-order valence-electron chi connectivity index (χ3n) is 5.23. The van der Waals surface area contributed by atoms with Crippen LogP contribution >= 0.6 is 0 Å². The number of hydrogen-bond acceptors (Lipinski definition) is 4. The normalized spacial score (nSPS) is 13.4. The average molecular weight is 366 g/mol. The molecule has 0 aliphatic carbocycles. The summed E-state index contributed by atoms with van der Waals surface area (Å²) in [5, 5.41) is 2.82. The van der Waals surface area contributed by atoms with E-state index in [1.54, 1.807) is 36.5 Å². The highest BCUT2D eigenvalue weighted by atomic mass is 16.2. The number of carbonyl (C=O) groups is 3. The molecule has 0 spiro atoms. The SMILES string of the molecule is CN1C(=O)c2cccc3c2c(c(C(=O)c2ccccn2)c2ccccc23)C1=O. The van der Waals surface area contributed by atoms with Gasteiger partial charge in [0.15, 0.2) is 0 Å². The Morgan fingerprint density at radius 2 is 1.54 bits per heavy atom. The third-order valence-corrected chi connectivity index (χ3v) is 5.23. The summed E-state index contributed by atoms with van der Waals surface area (Å²) in [4.78, 5) is 44.5. The lowest BCUT2D eigenvalue weighted by molar-refractivity contribution is 0.0648. The van der Waals surface area contributed by atoms with Crippen molar-refractivity contribution < 1.29 is 14.4 Å². The number of benzene rings is 3. The standard InChI is InChI=1S/C23H14N2O3/c1-25-22(27)16-10-6-9-14-13-7-2-3-8-15(13)19(20(18(14)16)23(25)28)21(26)17-11-4-5-12-24-17/h2-12H,1H3. The van der Waals surface area contributed by atoms with E-state index in [-0.39, 0.29) is 22.9 Å². The highest BCUT2D eigenvalue weighted by Crippen LogP contribution is 2.39. The van der Waals surface area contributed by atoms with Crippen LogP contribution in [0.5, 0.6) is 0 Å². The monoisotopic (exact) mass is 366 g/mol. The Bertz CT molecular complexity index is 1330. The number of ketones is 1. The number of pyridine rings is 1. The molecule has 2 amide bonds. The van der Waals surface area contributed by atoms with Gasteiger partial charge in [0.25, 0.3) is 11.8 Å². The highest BCUT2D eigenvalue weighted by Gasteiger charge is 2.35. The number of rotatable bonds is 2. The largest absolute Gasteiger partial charge is 0.287 e. The maximum absolute atomic E-state index is 13.4. The molecule has 1 aliphatic heterocycles. The number of amides is 2. The van der Waals surface area contributed by atoms with E-state index in [1.807, 2.05) is 30.3 Å². The smallest absolute Gasteiger partial charge is 0.261 e. The Morgan fingerprint density at radius 1 is 0.821 bits per heavy atom. The summed E-state index contributed by atoms with van der Waals surface area (Å²) in [6, 6.07) is 17.9. The van der Waals surface area contributed by atoms with E-state index >= 15 is 0 Å². The van der Waals surface area contributed by atoms with Crippen LogP contribution in [-0.2, 0) is 0 Å². The summed E-state index contributed by atoms with van der Waals surface area (Å²) in [5.74, 6) is -1.17. The zero-order valence-corrected chi connectivity index (χ0v) is 15.0. The van der Waals surface area contributed by atoms with Gasteiger partial charge in [0.05, 0.1) is 5.56 Å². The Labute approximate surface area is 160 Å². The fourth-order valence-electron chi connectivity index (χ4n) is 3.94. The van der Waals surface area contributed by atoms with Crippen molar-refractivity contribution in [2.24, 2.45) is 0 Å². The molecule has 1 aliphatic rings. The van der Waals surface area contributed by atoms with Gasteiger partial charge in [0.1, 0.15) is 5.69 Å². The summed E-state index contributed by atoms with van der Waals surface area (Å²) in [5.41, 5.74) is 1.24. The Kier molecular flexibility index (Phi) is 3.39. The predicted octanol–water partition coefficient (Wildman–Crippen LogP) is 3.84. The van der Waals surface area contributed by atoms with Crippen LogP contribution in [0.25, 0.3) is 21.5 Å². The minimum absolute atomic E-state index is 0.257. The maximum Gasteiger partial charge on any atom is 0.261 e. The van der Waals surface area contributed by atoms with Crippen LogP contribution in [0.1, 0.15) is 36.8 Å². The van der Waals surface area contributed by atoms with Gasteiger partial charge in [-0.25, -0.2) is 0 Å². The lowest BCUT2D eigenvalue weighted by atomic mass is 9.84. The molecule has 0 N–H and O–H groups in total. The summed E-state index contributed by atoms with van der Waals surface area (Å²) in [7, 11) is 1.44. The molecule has 0 saturated heterocycles. The van der Waals surface area contributed by atoms with Crippen molar-refractivity contribution in [3.05, 3.63) is 89.2 Å². The fraction of sp³-hybridized carbons (Fsp3) is 0.0435. The number of imide groups is 1. The summed E-state index contributed by atoms with van der Waals surface area (Å²) in [6.07, 6.45) is 1.55. The molecule has 4 aromatic rings. The summed E-state index contributed by atoms with van der Waals surface area (Å²) in [6.45, 7) is 0. The number of hydrogen-bond donors (Lipinski definition) is 0. The second-order valence-corrected chi connectivity index (χ2v) is 6.74. The molecule has 134 valence electrons. The molecule has 1 aromatic heterocycles. The van der Waals surface area contributed by atoms with Crippen molar-refractivity contribution in [1.29, 1.82) is 0 Å². The van der Waals surface area contributed by atoms with Crippen molar-refractivity contribution in [3.63, 3.8) is 0 Å². The molecule has 28 heavy (non-hydrogen) atoms. The van der Waals surface area contributed by atoms with Crippen LogP contribution in [0.2, 0.25) is 0 Å². The van der Waals surface area contributed by atoms with Gasteiger partial charge in [-0.05, 0) is 34.4 Å². The van der Waals surface area contributed by atoms with Gasteiger partial charge in [0, 0.05) is 29.8 Å². The van der Waals surface area contributed by atoms with Crippen molar-refractivity contribution in [1.82, 2.24) is 9.88 Å². The van der Waals surface area contributed by atoms with E-state index in [0.29, 0.717) is 21.9 Å². The fourth-order valence-corrected chi connectivity index (χ4v) is 3.94. The van der Waals surface area contributed by atoms with Crippen molar-refractivity contribution in [2.75, 3.05) is 7.05 Å². The van der Waals surface area contributed by atoms with Crippen molar-refractivity contribution in [2.45, 2.75) is 0 Å². The first-order valence-corrected chi connectivity index (χ1v) is 8.85. The van der Waals surface area contributed by atoms with Gasteiger partial charge in [0.2, 0.25) is 5.78 Å². The van der Waals surface area contributed by atoms with E-state index in [4.69, 9.17) is 0 Å². The molecular formula is C23H14N2O3. The van der Waals surface area contributed by atoms with Crippen molar-refractivity contribution >= 4 is 39.1 Å². The lowest BCUT2D eigenvalue weighted by Gasteiger charge is -2.26. The van der Waals surface area contributed by atoms with Crippen LogP contribution in [0.3, 0.4) is 0 Å². The molecule has 0 atom stereocenters. The quantitative estimate of drug-likeness (QED) is 0.307. The average Bonchev–Trinajstić information content (AvgIpc) is 2.75. The number of aromatic nitrogens is 1. The second-order valence-electron chi connectivity index (χ2n) is 6.74. The first-order chi connectivity index (χ1) is 13.6. The third kappa shape index (κ3) is 2.07. The number of carbonyl (C=O) groups excluding carboxylic acids is 3. The molecule has 5 rings (SSSR count). The molecule has 3 aromatic carbocycles. The van der Waals surface area contributed by atoms with Gasteiger partial charge in [-0.15, -0.1) is 0 Å². The number of nitrogens with zero attached hydrogens (tertiary/aromatic N) is 2. The molecule has 0 saturated carbocycles. The van der Waals surface area contributed by atoms with Gasteiger partial charge in [-0.3, -0.25) is 24.3 Å². The Hall–Kier alpha value is -3.86. The van der Waals surface area contributed by atoms with Gasteiger partial charge in [-0.2, -0.15) is 0 Å². The number of fused-ring (bicyclic) bond motifs is 2. The highest BCUT2D eigenvalue weighted by molar-refractivity contribution is 6.35. The van der Waals surface area contributed by atoms with Crippen LogP contribution in [0.15, 0.2) is 66.9 Å².